The predicted octanol–water partition coefficient (Wildman–Crippen LogP) is 2.73. The van der Waals surface area contributed by atoms with E-state index in [1.54, 1.807) is 6.20 Å². The van der Waals surface area contributed by atoms with Crippen molar-refractivity contribution in [2.45, 2.75) is 64.1 Å². The molecule has 2 aromatic heterocycles. The van der Waals surface area contributed by atoms with Crippen LogP contribution in [0.15, 0.2) is 30.6 Å². The van der Waals surface area contributed by atoms with E-state index in [2.05, 4.69) is 48.3 Å². The quantitative estimate of drug-likeness (QED) is 0.855. The van der Waals surface area contributed by atoms with Crippen molar-refractivity contribution in [3.63, 3.8) is 0 Å². The van der Waals surface area contributed by atoms with Gasteiger partial charge in [0.2, 0.25) is 0 Å². The molecular weight excluding hydrogens is 330 g/mol. The van der Waals surface area contributed by atoms with E-state index in [1.807, 2.05) is 29.1 Å². The van der Waals surface area contributed by atoms with Crippen LogP contribution >= 0.6 is 0 Å². The molecule has 2 unspecified atom stereocenters. The van der Waals surface area contributed by atoms with Crippen LogP contribution in [-0.4, -0.2) is 37.1 Å². The minimum Gasteiger partial charge on any atom is -0.481 e. The molecule has 3 rings (SSSR count). The number of nitrogens with zero attached hydrogens (tertiary/aromatic N) is 4. The van der Waals surface area contributed by atoms with E-state index in [9.17, 15) is 9.90 Å². The van der Waals surface area contributed by atoms with Gasteiger partial charge in [0.15, 0.2) is 0 Å². The van der Waals surface area contributed by atoms with Crippen LogP contribution in [-0.2, 0) is 10.2 Å². The topological polar surface area (TPSA) is 92.9 Å². The maximum atomic E-state index is 11.6. The minimum atomic E-state index is -0.749. The Balaban J connectivity index is 1.81. The normalized spacial score (nSPS) is 24.5. The van der Waals surface area contributed by atoms with Crippen LogP contribution in [0.1, 0.15) is 64.0 Å². The van der Waals surface area contributed by atoms with Gasteiger partial charge >= 0.3 is 5.97 Å². The Labute approximate surface area is 153 Å². The van der Waals surface area contributed by atoms with Gasteiger partial charge in [0.05, 0.1) is 23.3 Å². The van der Waals surface area contributed by atoms with E-state index in [1.165, 1.54) is 0 Å². The fraction of sp³-hybridized carbons (Fsp3) is 0.579. The van der Waals surface area contributed by atoms with Crippen molar-refractivity contribution in [3.8, 4) is 0 Å². The lowest BCUT2D eigenvalue weighted by molar-refractivity contribution is -0.141. The number of nitrogens with one attached hydrogen (secondary N) is 1. The molecule has 7 nitrogen and oxygen atoms in total. The smallest absolute Gasteiger partial charge is 0.306 e. The zero-order chi connectivity index (χ0) is 18.9. The molecule has 0 aliphatic heterocycles. The van der Waals surface area contributed by atoms with Gasteiger partial charge in [-0.2, -0.15) is 0 Å². The van der Waals surface area contributed by atoms with E-state index in [0.717, 1.165) is 11.4 Å². The van der Waals surface area contributed by atoms with E-state index < -0.39 is 5.97 Å². The molecule has 1 aliphatic carbocycles. The lowest BCUT2D eigenvalue weighted by atomic mass is 9.93. The first-order chi connectivity index (χ1) is 12.3. The Bertz CT molecular complexity index is 753. The monoisotopic (exact) mass is 357 g/mol. The highest BCUT2D eigenvalue weighted by Gasteiger charge is 2.40. The summed E-state index contributed by atoms with van der Waals surface area (Å²) in [5.41, 5.74) is 1.76. The molecule has 7 heteroatoms. The third kappa shape index (κ3) is 3.93. The molecule has 2 heterocycles. The number of aliphatic carboxylic acids is 1. The van der Waals surface area contributed by atoms with Gasteiger partial charge in [0.1, 0.15) is 0 Å². The Morgan fingerprint density at radius 1 is 1.35 bits per heavy atom. The summed E-state index contributed by atoms with van der Waals surface area (Å²) in [6.45, 7) is 8.33. The molecule has 26 heavy (non-hydrogen) atoms. The van der Waals surface area contributed by atoms with Crippen LogP contribution in [0.4, 0.5) is 0 Å². The fourth-order valence-electron chi connectivity index (χ4n) is 3.51. The number of pyridine rings is 1. The molecule has 1 fully saturated rings. The zero-order valence-corrected chi connectivity index (χ0v) is 15.8. The van der Waals surface area contributed by atoms with Crippen LogP contribution in [0, 0.1) is 5.92 Å². The number of aromatic nitrogens is 4. The van der Waals surface area contributed by atoms with Gasteiger partial charge in [-0.3, -0.25) is 9.78 Å². The van der Waals surface area contributed by atoms with E-state index in [-0.39, 0.29) is 29.5 Å². The molecular formula is C19H27N5O2. The maximum absolute atomic E-state index is 11.6. The van der Waals surface area contributed by atoms with Crippen molar-refractivity contribution in [2.24, 2.45) is 5.92 Å². The van der Waals surface area contributed by atoms with Crippen LogP contribution in [0.5, 0.6) is 0 Å². The van der Waals surface area contributed by atoms with E-state index in [0.29, 0.717) is 12.8 Å². The minimum absolute atomic E-state index is 0.00243. The zero-order valence-electron chi connectivity index (χ0n) is 15.8. The largest absolute Gasteiger partial charge is 0.481 e. The maximum Gasteiger partial charge on any atom is 0.306 e. The number of rotatable bonds is 5. The van der Waals surface area contributed by atoms with Crippen LogP contribution in [0.3, 0.4) is 0 Å². The first-order valence-electron chi connectivity index (χ1n) is 9.08. The Morgan fingerprint density at radius 2 is 2.12 bits per heavy atom. The van der Waals surface area contributed by atoms with Crippen molar-refractivity contribution in [1.29, 1.82) is 0 Å². The Morgan fingerprint density at radius 3 is 2.69 bits per heavy atom. The summed E-state index contributed by atoms with van der Waals surface area (Å²) in [6, 6.07) is 5.82. The second-order valence-corrected chi connectivity index (χ2v) is 8.16. The third-order valence-electron chi connectivity index (χ3n) is 5.09. The Hall–Kier alpha value is -2.28. The standard InChI is InChI=1S/C19H27N5O2/c1-12(14-7-5-6-8-20-14)21-15-9-13(18(25)26)10-16(15)24-11-17(22-23-24)19(2,3)4/h5-8,11-13,15-16,21H,9-10H2,1-4H3,(H,25,26)/t12?,13?,15-,16+/m1/s1. The van der Waals surface area contributed by atoms with Gasteiger partial charge in [0.25, 0.3) is 0 Å². The predicted molar refractivity (Wildman–Crippen MR) is 97.7 cm³/mol. The van der Waals surface area contributed by atoms with Gasteiger partial charge in [-0.15, -0.1) is 5.10 Å². The van der Waals surface area contributed by atoms with Crippen molar-refractivity contribution in [2.75, 3.05) is 0 Å². The molecule has 4 atom stereocenters. The molecule has 2 N–H and O–H groups in total. The van der Waals surface area contributed by atoms with Gasteiger partial charge in [-0.25, -0.2) is 4.68 Å². The molecule has 140 valence electrons. The first kappa shape index (κ1) is 18.5. The van der Waals surface area contributed by atoms with E-state index in [4.69, 9.17) is 0 Å². The summed E-state index contributed by atoms with van der Waals surface area (Å²) in [4.78, 5) is 16.0. The molecule has 1 saturated carbocycles. The lowest BCUT2D eigenvalue weighted by Gasteiger charge is -2.24. The summed E-state index contributed by atoms with van der Waals surface area (Å²) >= 11 is 0. The van der Waals surface area contributed by atoms with Crippen molar-refractivity contribution in [3.05, 3.63) is 42.0 Å². The van der Waals surface area contributed by atoms with Gasteiger partial charge in [-0.05, 0) is 31.9 Å². The average molecular weight is 357 g/mol. The van der Waals surface area contributed by atoms with Crippen molar-refractivity contribution >= 4 is 5.97 Å². The number of carboxylic acid groups (broad SMARTS) is 1. The molecule has 0 amide bonds. The van der Waals surface area contributed by atoms with Gasteiger partial charge in [-0.1, -0.05) is 32.1 Å². The number of carboxylic acids is 1. The summed E-state index contributed by atoms with van der Waals surface area (Å²) in [5, 5.41) is 21.7. The summed E-state index contributed by atoms with van der Waals surface area (Å²) in [6.07, 6.45) is 4.85. The van der Waals surface area contributed by atoms with Crippen LogP contribution < -0.4 is 5.32 Å². The third-order valence-corrected chi connectivity index (χ3v) is 5.09. The molecule has 0 bridgehead atoms. The van der Waals surface area contributed by atoms with Gasteiger partial charge in [0, 0.05) is 29.9 Å². The highest BCUT2D eigenvalue weighted by atomic mass is 16.4. The highest BCUT2D eigenvalue weighted by Crippen LogP contribution is 2.36. The number of hydrogen-bond donors (Lipinski definition) is 2. The summed E-state index contributed by atoms with van der Waals surface area (Å²) in [5.74, 6) is -1.13. The fourth-order valence-corrected chi connectivity index (χ4v) is 3.51. The molecule has 0 aromatic carbocycles. The lowest BCUT2D eigenvalue weighted by Crippen LogP contribution is -2.36. The molecule has 1 aliphatic rings. The van der Waals surface area contributed by atoms with Crippen LogP contribution in [0.2, 0.25) is 0 Å². The average Bonchev–Trinajstić information content (AvgIpc) is 3.22. The van der Waals surface area contributed by atoms with Crippen LogP contribution in [0.25, 0.3) is 0 Å². The van der Waals surface area contributed by atoms with Crippen molar-refractivity contribution < 1.29 is 9.90 Å². The molecule has 0 spiro atoms. The SMILES string of the molecule is CC(N[C@@H]1CC(C(=O)O)C[C@@H]1n1cc(C(C)(C)C)nn1)c1ccccn1. The molecule has 2 aromatic rings. The number of carbonyl (C=O) groups is 1. The van der Waals surface area contributed by atoms with Gasteiger partial charge < -0.3 is 10.4 Å². The highest BCUT2D eigenvalue weighted by molar-refractivity contribution is 5.70. The molecule has 0 radical (unpaired) electrons. The second-order valence-electron chi connectivity index (χ2n) is 8.16. The second kappa shape index (κ2) is 7.15. The van der Waals surface area contributed by atoms with E-state index >= 15 is 0 Å². The van der Waals surface area contributed by atoms with Crippen molar-refractivity contribution in [1.82, 2.24) is 25.3 Å². The number of hydrogen-bond acceptors (Lipinski definition) is 5. The first-order valence-corrected chi connectivity index (χ1v) is 9.08. The Kier molecular flexibility index (Phi) is 5.09. The summed E-state index contributed by atoms with van der Waals surface area (Å²) in [7, 11) is 0. The summed E-state index contributed by atoms with van der Waals surface area (Å²) < 4.78 is 1.84. The molecule has 0 saturated heterocycles.